The molecule has 0 aliphatic rings. The Balaban J connectivity index is 2.13. The molecule has 1 N–H and O–H groups in total. The summed E-state index contributed by atoms with van der Waals surface area (Å²) in [5, 5.41) is 2.33. The largest absolute Gasteiger partial charge is 0.376 e. The number of nitrogens with zero attached hydrogens (tertiary/aromatic N) is 3. The van der Waals surface area contributed by atoms with E-state index >= 15 is 0 Å². The fourth-order valence-corrected chi connectivity index (χ4v) is 2.09. The first-order valence-electron chi connectivity index (χ1n) is 7.11. The van der Waals surface area contributed by atoms with Crippen LogP contribution in [0.2, 0.25) is 0 Å². The lowest BCUT2D eigenvalue weighted by Gasteiger charge is -2.19. The number of rotatable bonds is 6. The highest BCUT2D eigenvalue weighted by Crippen LogP contribution is 2.22. The number of halogens is 4. The van der Waals surface area contributed by atoms with Crippen LogP contribution in [0.1, 0.15) is 19.4 Å². The quantitative estimate of drug-likeness (QED) is 0.651. The lowest BCUT2D eigenvalue weighted by molar-refractivity contribution is 0.410. The van der Waals surface area contributed by atoms with Gasteiger partial charge < -0.3 is 10.2 Å². The van der Waals surface area contributed by atoms with Gasteiger partial charge in [0, 0.05) is 25.8 Å². The molecular formula is C15H16F4N4. The van der Waals surface area contributed by atoms with E-state index in [0.29, 0.717) is 5.56 Å². The zero-order valence-corrected chi connectivity index (χ0v) is 12.7. The maximum atomic E-state index is 13.5. The summed E-state index contributed by atoms with van der Waals surface area (Å²) in [5.74, 6) is -5.73. The second-order valence-corrected chi connectivity index (χ2v) is 4.75. The van der Waals surface area contributed by atoms with Gasteiger partial charge in [-0.2, -0.15) is 22.5 Å². The Bertz CT molecular complexity index is 646. The number of nitrogens with one attached hydrogen (secondary N) is 1. The van der Waals surface area contributed by atoms with Crippen LogP contribution in [0.25, 0.3) is 0 Å². The van der Waals surface area contributed by atoms with E-state index in [9.17, 15) is 17.6 Å². The molecule has 0 amide bonds. The summed E-state index contributed by atoms with van der Waals surface area (Å²) < 4.78 is 53.0. The molecule has 8 heteroatoms. The van der Waals surface area contributed by atoms with Crippen LogP contribution in [0.5, 0.6) is 0 Å². The second-order valence-electron chi connectivity index (χ2n) is 4.75. The molecule has 0 unspecified atom stereocenters. The molecule has 23 heavy (non-hydrogen) atoms. The molecule has 0 atom stereocenters. The van der Waals surface area contributed by atoms with Gasteiger partial charge in [-0.05, 0) is 25.5 Å². The maximum Gasteiger partial charge on any atom is 0.253 e. The highest BCUT2D eigenvalue weighted by atomic mass is 19.2. The number of pyridine rings is 2. The minimum absolute atomic E-state index is 0.0394. The zero-order chi connectivity index (χ0) is 17.0. The Morgan fingerprint density at radius 2 is 1.61 bits per heavy atom. The van der Waals surface area contributed by atoms with Crippen LogP contribution in [0.15, 0.2) is 18.3 Å². The predicted molar refractivity (Wildman–Crippen MR) is 79.2 cm³/mol. The summed E-state index contributed by atoms with van der Waals surface area (Å²) in [6.45, 7) is 5.56. The minimum Gasteiger partial charge on any atom is -0.376 e. The fourth-order valence-electron chi connectivity index (χ4n) is 2.09. The van der Waals surface area contributed by atoms with Gasteiger partial charge in [0.2, 0.25) is 11.6 Å². The monoisotopic (exact) mass is 328 g/mol. The molecule has 4 nitrogen and oxygen atoms in total. The molecule has 0 saturated carbocycles. The molecule has 0 aromatic carbocycles. The van der Waals surface area contributed by atoms with Gasteiger partial charge in [0.1, 0.15) is 11.5 Å². The third kappa shape index (κ3) is 3.69. The number of hydrogen-bond acceptors (Lipinski definition) is 4. The van der Waals surface area contributed by atoms with Gasteiger partial charge >= 0.3 is 0 Å². The molecule has 2 aromatic heterocycles. The summed E-state index contributed by atoms with van der Waals surface area (Å²) in [6, 6.07) is 3.49. The van der Waals surface area contributed by atoms with Crippen LogP contribution in [0.4, 0.5) is 29.1 Å². The standard InChI is InChI=1S/C15H16F4N4/c1-3-23(4-2)10-6-5-9(7-20-10)8-21-13-11(16)14(18)22-15(19)12(13)17/h5-7H,3-4,8H2,1-2H3,(H,21,22). The minimum atomic E-state index is -1.69. The highest BCUT2D eigenvalue weighted by molar-refractivity contribution is 5.46. The van der Waals surface area contributed by atoms with Crippen LogP contribution in [-0.2, 0) is 6.54 Å². The molecule has 2 heterocycles. The fraction of sp³-hybridized carbons (Fsp3) is 0.333. The Morgan fingerprint density at radius 1 is 1.00 bits per heavy atom. The molecule has 0 radical (unpaired) electrons. The first-order chi connectivity index (χ1) is 11.0. The van der Waals surface area contributed by atoms with E-state index in [2.05, 4.69) is 15.3 Å². The van der Waals surface area contributed by atoms with Gasteiger partial charge in [0.25, 0.3) is 11.9 Å². The molecule has 2 aromatic rings. The summed E-state index contributed by atoms with van der Waals surface area (Å²) >= 11 is 0. The summed E-state index contributed by atoms with van der Waals surface area (Å²) in [6.07, 6.45) is 1.53. The smallest absolute Gasteiger partial charge is 0.253 e. The molecule has 0 aliphatic carbocycles. The molecule has 0 saturated heterocycles. The van der Waals surface area contributed by atoms with E-state index in [0.717, 1.165) is 18.9 Å². The lowest BCUT2D eigenvalue weighted by Crippen LogP contribution is -2.22. The van der Waals surface area contributed by atoms with Crippen molar-refractivity contribution in [2.24, 2.45) is 0 Å². The van der Waals surface area contributed by atoms with Crippen molar-refractivity contribution < 1.29 is 17.6 Å². The maximum absolute atomic E-state index is 13.5. The van der Waals surface area contributed by atoms with E-state index in [1.807, 2.05) is 18.7 Å². The van der Waals surface area contributed by atoms with Crippen LogP contribution in [-0.4, -0.2) is 23.1 Å². The van der Waals surface area contributed by atoms with Gasteiger partial charge in [-0.25, -0.2) is 4.98 Å². The van der Waals surface area contributed by atoms with E-state index in [1.165, 1.54) is 6.20 Å². The van der Waals surface area contributed by atoms with Gasteiger partial charge in [-0.1, -0.05) is 6.07 Å². The van der Waals surface area contributed by atoms with Crippen molar-refractivity contribution >= 4 is 11.5 Å². The van der Waals surface area contributed by atoms with Crippen molar-refractivity contribution in [3.8, 4) is 0 Å². The first-order valence-corrected chi connectivity index (χ1v) is 7.11. The highest BCUT2D eigenvalue weighted by Gasteiger charge is 2.20. The average molecular weight is 328 g/mol. The summed E-state index contributed by atoms with van der Waals surface area (Å²) in [7, 11) is 0. The molecule has 2 rings (SSSR count). The van der Waals surface area contributed by atoms with Gasteiger partial charge in [0.05, 0.1) is 0 Å². The van der Waals surface area contributed by atoms with Crippen LogP contribution in [0, 0.1) is 23.5 Å². The number of aromatic nitrogens is 2. The number of hydrogen-bond donors (Lipinski definition) is 1. The Morgan fingerprint density at radius 3 is 2.09 bits per heavy atom. The van der Waals surface area contributed by atoms with Crippen LogP contribution >= 0.6 is 0 Å². The van der Waals surface area contributed by atoms with Crippen LogP contribution in [0.3, 0.4) is 0 Å². The summed E-state index contributed by atoms with van der Waals surface area (Å²) in [5.41, 5.74) is -0.278. The van der Waals surface area contributed by atoms with Crippen molar-refractivity contribution in [2.75, 3.05) is 23.3 Å². The topological polar surface area (TPSA) is 41.0 Å². The average Bonchev–Trinajstić information content (AvgIpc) is 2.55. The van der Waals surface area contributed by atoms with E-state index in [-0.39, 0.29) is 6.54 Å². The SMILES string of the molecule is CCN(CC)c1ccc(CNc2c(F)c(F)nc(F)c2F)cn1. The van der Waals surface area contributed by atoms with E-state index in [4.69, 9.17) is 0 Å². The normalized spacial score (nSPS) is 10.7. The molecule has 0 bridgehead atoms. The van der Waals surface area contributed by atoms with Crippen molar-refractivity contribution in [1.29, 1.82) is 0 Å². The van der Waals surface area contributed by atoms with Crippen LogP contribution < -0.4 is 10.2 Å². The Hall–Kier alpha value is -2.38. The Kier molecular flexibility index (Phi) is 5.36. The van der Waals surface area contributed by atoms with Crippen molar-refractivity contribution in [3.63, 3.8) is 0 Å². The van der Waals surface area contributed by atoms with E-state index < -0.39 is 29.2 Å². The number of anilines is 2. The van der Waals surface area contributed by atoms with Crippen molar-refractivity contribution in [3.05, 3.63) is 47.4 Å². The third-order valence-electron chi connectivity index (χ3n) is 3.36. The van der Waals surface area contributed by atoms with Gasteiger partial charge in [-0.3, -0.25) is 0 Å². The third-order valence-corrected chi connectivity index (χ3v) is 3.36. The van der Waals surface area contributed by atoms with Crippen molar-refractivity contribution in [1.82, 2.24) is 9.97 Å². The molecule has 0 spiro atoms. The molecular weight excluding hydrogens is 312 g/mol. The first kappa shape index (κ1) is 17.0. The Labute approximate surface area is 131 Å². The molecule has 124 valence electrons. The van der Waals surface area contributed by atoms with Gasteiger partial charge in [-0.15, -0.1) is 0 Å². The predicted octanol–water partition coefficient (Wildman–Crippen LogP) is 3.49. The molecule has 0 aliphatic heterocycles. The zero-order valence-electron chi connectivity index (χ0n) is 12.7. The lowest BCUT2D eigenvalue weighted by atomic mass is 10.2. The molecule has 0 fully saturated rings. The summed E-state index contributed by atoms with van der Waals surface area (Å²) in [4.78, 5) is 8.78. The van der Waals surface area contributed by atoms with Crippen molar-refractivity contribution in [2.45, 2.75) is 20.4 Å². The van der Waals surface area contributed by atoms with Gasteiger partial charge in [0.15, 0.2) is 0 Å². The second kappa shape index (κ2) is 7.26. The van der Waals surface area contributed by atoms with E-state index in [1.54, 1.807) is 12.1 Å².